The Balaban J connectivity index is 1.48. The van der Waals surface area contributed by atoms with Gasteiger partial charge in [0.15, 0.2) is 0 Å². The van der Waals surface area contributed by atoms with E-state index in [1.54, 1.807) is 6.07 Å². The summed E-state index contributed by atoms with van der Waals surface area (Å²) in [7, 11) is -4.03. The molecule has 158 valence electrons. The lowest BCUT2D eigenvalue weighted by molar-refractivity contribution is -0.161. The van der Waals surface area contributed by atoms with E-state index < -0.39 is 33.6 Å². The molecule has 1 aliphatic rings. The summed E-state index contributed by atoms with van der Waals surface area (Å²) in [5.74, 6) is -3.04. The Morgan fingerprint density at radius 2 is 1.83 bits per heavy atom. The van der Waals surface area contributed by atoms with Gasteiger partial charge in [0.2, 0.25) is 5.79 Å². The number of hydrogen-bond donors (Lipinski definition) is 0. The highest BCUT2D eigenvalue weighted by atomic mass is 79.9. The number of rotatable bonds is 6. The topological polar surface area (TPSA) is 61.8 Å². The molecule has 0 saturated carbocycles. The van der Waals surface area contributed by atoms with E-state index in [1.165, 1.54) is 18.2 Å². The normalized spacial score (nSPS) is 21.9. The molecular formula is C21H17BrF2O5S. The van der Waals surface area contributed by atoms with Crippen LogP contribution in [0.5, 0.6) is 0 Å². The van der Waals surface area contributed by atoms with E-state index in [1.807, 2.05) is 24.3 Å². The molecule has 0 N–H and O–H groups in total. The molecular weight excluding hydrogens is 482 g/mol. The van der Waals surface area contributed by atoms with Crippen LogP contribution in [-0.4, -0.2) is 33.1 Å². The lowest BCUT2D eigenvalue weighted by atomic mass is 10.1. The highest BCUT2D eigenvalue weighted by Crippen LogP contribution is 2.38. The minimum Gasteiger partial charge on any atom is -0.342 e. The Morgan fingerprint density at radius 1 is 1.07 bits per heavy atom. The van der Waals surface area contributed by atoms with E-state index in [9.17, 15) is 17.2 Å². The van der Waals surface area contributed by atoms with Crippen LogP contribution < -0.4 is 0 Å². The van der Waals surface area contributed by atoms with Crippen LogP contribution in [0.2, 0.25) is 0 Å². The Bertz CT molecular complexity index is 1190. The van der Waals surface area contributed by atoms with E-state index in [-0.39, 0.29) is 29.0 Å². The third kappa shape index (κ3) is 4.13. The smallest absolute Gasteiger partial charge is 0.297 e. The molecule has 30 heavy (non-hydrogen) atoms. The van der Waals surface area contributed by atoms with Crippen molar-refractivity contribution in [1.82, 2.24) is 0 Å². The molecule has 0 amide bonds. The van der Waals surface area contributed by atoms with Crippen LogP contribution in [0.4, 0.5) is 8.78 Å². The second kappa shape index (κ2) is 8.32. The predicted octanol–water partition coefficient (Wildman–Crippen LogP) is 4.49. The van der Waals surface area contributed by atoms with Crippen molar-refractivity contribution in [1.29, 1.82) is 0 Å². The van der Waals surface area contributed by atoms with Gasteiger partial charge in [0.25, 0.3) is 10.1 Å². The Hall–Kier alpha value is -1.91. The molecule has 1 aliphatic heterocycles. The van der Waals surface area contributed by atoms with Crippen LogP contribution in [0, 0.1) is 11.6 Å². The van der Waals surface area contributed by atoms with Gasteiger partial charge in [-0.25, -0.2) is 8.78 Å². The number of ether oxygens (including phenoxy) is 2. The first-order valence-corrected chi connectivity index (χ1v) is 11.6. The molecule has 1 saturated heterocycles. The summed E-state index contributed by atoms with van der Waals surface area (Å²) in [6.45, 7) is -0.331. The van der Waals surface area contributed by atoms with Gasteiger partial charge in [-0.05, 0) is 35.0 Å². The van der Waals surface area contributed by atoms with Gasteiger partial charge >= 0.3 is 0 Å². The highest BCUT2D eigenvalue weighted by molar-refractivity contribution is 9.09. The summed E-state index contributed by atoms with van der Waals surface area (Å²) >= 11 is 3.23. The second-order valence-electron chi connectivity index (χ2n) is 6.81. The number of alkyl halides is 1. The fourth-order valence-electron chi connectivity index (χ4n) is 3.29. The molecule has 3 aromatic rings. The predicted molar refractivity (Wildman–Crippen MR) is 110 cm³/mol. The molecule has 1 heterocycles. The van der Waals surface area contributed by atoms with Gasteiger partial charge in [0, 0.05) is 11.6 Å². The van der Waals surface area contributed by atoms with Gasteiger partial charge in [-0.1, -0.05) is 46.3 Å². The van der Waals surface area contributed by atoms with E-state index in [2.05, 4.69) is 15.9 Å². The average molecular weight is 499 g/mol. The fraction of sp³-hybridized carbons (Fsp3) is 0.238. The lowest BCUT2D eigenvalue weighted by Gasteiger charge is -2.26. The molecule has 5 nitrogen and oxygen atoms in total. The third-order valence-electron chi connectivity index (χ3n) is 4.80. The molecule has 2 atom stereocenters. The first-order chi connectivity index (χ1) is 14.3. The van der Waals surface area contributed by atoms with Crippen LogP contribution in [0.3, 0.4) is 0 Å². The first-order valence-electron chi connectivity index (χ1n) is 9.04. The molecule has 0 bridgehead atoms. The van der Waals surface area contributed by atoms with Crippen molar-refractivity contribution in [2.75, 3.05) is 18.5 Å². The van der Waals surface area contributed by atoms with Crippen molar-refractivity contribution in [2.24, 2.45) is 0 Å². The number of hydrogen-bond acceptors (Lipinski definition) is 5. The molecule has 1 fully saturated rings. The van der Waals surface area contributed by atoms with Crippen molar-refractivity contribution >= 4 is 36.8 Å². The summed E-state index contributed by atoms with van der Waals surface area (Å²) in [5, 5.41) is 1.75. The molecule has 0 aromatic heterocycles. The van der Waals surface area contributed by atoms with Crippen molar-refractivity contribution < 1.29 is 30.9 Å². The van der Waals surface area contributed by atoms with Gasteiger partial charge < -0.3 is 9.47 Å². The quantitative estimate of drug-likeness (QED) is 0.370. The Labute approximate surface area is 180 Å². The van der Waals surface area contributed by atoms with Crippen molar-refractivity contribution in [3.05, 3.63) is 77.9 Å². The molecule has 0 aliphatic carbocycles. The maximum Gasteiger partial charge on any atom is 0.297 e. The van der Waals surface area contributed by atoms with Crippen molar-refractivity contribution in [3.63, 3.8) is 0 Å². The SMILES string of the molecule is O=S(=O)(OC[C@@H]1CO[C@](CBr)(c2ccc(F)cc2F)O1)c1ccc2ccccc2c1. The van der Waals surface area contributed by atoms with Gasteiger partial charge in [0.1, 0.15) is 17.7 Å². The van der Waals surface area contributed by atoms with Gasteiger partial charge in [-0.3, -0.25) is 4.18 Å². The van der Waals surface area contributed by atoms with E-state index in [0.29, 0.717) is 0 Å². The minimum absolute atomic E-state index is 0.0145. The van der Waals surface area contributed by atoms with Crippen molar-refractivity contribution in [3.8, 4) is 0 Å². The highest BCUT2D eigenvalue weighted by Gasteiger charge is 2.44. The standard InChI is InChI=1S/C21H17BrF2O5S/c22-13-21(19-8-6-16(23)10-20(19)24)27-11-17(29-21)12-28-30(25,26)18-7-5-14-3-1-2-4-15(14)9-18/h1-10,17H,11-13H2/t17-,21-/m0/s1. The zero-order valence-corrected chi connectivity index (χ0v) is 18.0. The maximum atomic E-state index is 14.2. The molecule has 9 heteroatoms. The monoisotopic (exact) mass is 498 g/mol. The zero-order chi connectivity index (χ0) is 21.4. The van der Waals surface area contributed by atoms with E-state index >= 15 is 0 Å². The molecule has 4 rings (SSSR count). The largest absolute Gasteiger partial charge is 0.342 e. The maximum absolute atomic E-state index is 14.2. The summed E-state index contributed by atoms with van der Waals surface area (Å²) in [6.07, 6.45) is -0.762. The van der Waals surface area contributed by atoms with Crippen LogP contribution in [0.1, 0.15) is 5.56 Å². The van der Waals surface area contributed by atoms with E-state index in [4.69, 9.17) is 13.7 Å². The molecule has 0 spiro atoms. The van der Waals surface area contributed by atoms with Crippen LogP contribution >= 0.6 is 15.9 Å². The van der Waals surface area contributed by atoms with E-state index in [0.717, 1.165) is 22.9 Å². The third-order valence-corrected chi connectivity index (χ3v) is 6.81. The van der Waals surface area contributed by atoms with Gasteiger partial charge in [0.05, 0.1) is 23.4 Å². The van der Waals surface area contributed by atoms with Crippen LogP contribution in [-0.2, 0) is 29.6 Å². The molecule has 0 unspecified atom stereocenters. The number of halogens is 3. The summed E-state index contributed by atoms with van der Waals surface area (Å²) in [4.78, 5) is 0.0245. The summed E-state index contributed by atoms with van der Waals surface area (Å²) in [5.41, 5.74) is 0.0145. The molecule has 3 aromatic carbocycles. The minimum atomic E-state index is -4.03. The number of fused-ring (bicyclic) bond motifs is 1. The van der Waals surface area contributed by atoms with Crippen molar-refractivity contribution in [2.45, 2.75) is 16.8 Å². The fourth-order valence-corrected chi connectivity index (χ4v) is 4.85. The lowest BCUT2D eigenvalue weighted by Crippen LogP contribution is -2.32. The van der Waals surface area contributed by atoms with Crippen LogP contribution in [0.25, 0.3) is 10.8 Å². The van der Waals surface area contributed by atoms with Gasteiger partial charge in [-0.15, -0.1) is 0 Å². The van der Waals surface area contributed by atoms with Gasteiger partial charge in [-0.2, -0.15) is 8.42 Å². The summed E-state index contributed by atoms with van der Waals surface area (Å²) < 4.78 is 69.2. The number of benzene rings is 3. The second-order valence-corrected chi connectivity index (χ2v) is 8.99. The van der Waals surface area contributed by atoms with Crippen LogP contribution in [0.15, 0.2) is 65.6 Å². The summed E-state index contributed by atoms with van der Waals surface area (Å²) in [6, 6.07) is 15.2. The first kappa shape index (κ1) is 21.3. The Morgan fingerprint density at radius 3 is 2.57 bits per heavy atom. The average Bonchev–Trinajstić information content (AvgIpc) is 3.16. The Kier molecular flexibility index (Phi) is 5.91. The zero-order valence-electron chi connectivity index (χ0n) is 15.6. The molecule has 0 radical (unpaired) electrons.